The standard InChI is InChI=1S/C29H30F3N5O3/c30-29(31,32)25-7-4-12-37(25)18-21-15-22(8-9-23(21)19-5-2-1-3-6-19)35-27(38)24-16-34-26(17-33-24)36-13-10-20(11-14-36)28(39)40/h1-3,5-6,8-9,15-17,20,25H,4,7,10-14,18H2,(H,35,38)(H,39,40)/t25-/m0/s1. The minimum atomic E-state index is -4.30. The fourth-order valence-electron chi connectivity index (χ4n) is 5.46. The number of likely N-dealkylation sites (tertiary alicyclic amines) is 1. The first-order valence-electron chi connectivity index (χ1n) is 13.3. The second-order valence-corrected chi connectivity index (χ2v) is 10.2. The number of amides is 1. The largest absolute Gasteiger partial charge is 0.481 e. The number of carbonyl (C=O) groups excluding carboxylic acids is 1. The van der Waals surface area contributed by atoms with E-state index in [0.717, 1.165) is 11.1 Å². The topological polar surface area (TPSA) is 98.7 Å². The fourth-order valence-corrected chi connectivity index (χ4v) is 5.46. The Hall–Kier alpha value is -3.99. The lowest BCUT2D eigenvalue weighted by Crippen LogP contribution is -2.40. The van der Waals surface area contributed by atoms with Gasteiger partial charge in [-0.1, -0.05) is 36.4 Å². The van der Waals surface area contributed by atoms with E-state index in [9.17, 15) is 27.9 Å². The van der Waals surface area contributed by atoms with Crippen LogP contribution in [-0.2, 0) is 11.3 Å². The Morgan fingerprint density at radius 3 is 2.38 bits per heavy atom. The number of hydrogen-bond donors (Lipinski definition) is 2. The Morgan fingerprint density at radius 1 is 0.975 bits per heavy atom. The number of piperidine rings is 1. The quantitative estimate of drug-likeness (QED) is 0.414. The van der Waals surface area contributed by atoms with Gasteiger partial charge in [-0.15, -0.1) is 0 Å². The maximum absolute atomic E-state index is 13.6. The molecule has 0 bridgehead atoms. The zero-order chi connectivity index (χ0) is 28.3. The molecule has 0 radical (unpaired) electrons. The number of anilines is 2. The number of halogens is 3. The molecule has 40 heavy (non-hydrogen) atoms. The number of nitrogens with zero attached hydrogens (tertiary/aromatic N) is 4. The molecule has 2 aromatic carbocycles. The number of alkyl halides is 3. The highest BCUT2D eigenvalue weighted by Crippen LogP contribution is 2.36. The van der Waals surface area contributed by atoms with Crippen LogP contribution in [0.1, 0.15) is 41.7 Å². The fraction of sp³-hybridized carbons (Fsp3) is 0.379. The van der Waals surface area contributed by atoms with Crippen molar-refractivity contribution in [3.63, 3.8) is 0 Å². The molecule has 5 rings (SSSR count). The molecule has 1 aromatic heterocycles. The minimum absolute atomic E-state index is 0.0762. The molecule has 1 amide bonds. The molecule has 11 heteroatoms. The highest BCUT2D eigenvalue weighted by atomic mass is 19.4. The Kier molecular flexibility index (Phi) is 8.02. The van der Waals surface area contributed by atoms with Crippen molar-refractivity contribution in [2.24, 2.45) is 5.92 Å². The summed E-state index contributed by atoms with van der Waals surface area (Å²) in [6.07, 6.45) is 0.145. The third-order valence-electron chi connectivity index (χ3n) is 7.60. The summed E-state index contributed by atoms with van der Waals surface area (Å²) in [6, 6.07) is 13.2. The predicted molar refractivity (Wildman–Crippen MR) is 144 cm³/mol. The van der Waals surface area contributed by atoms with Crippen molar-refractivity contribution >= 4 is 23.4 Å². The maximum Gasteiger partial charge on any atom is 0.404 e. The van der Waals surface area contributed by atoms with Crippen molar-refractivity contribution in [1.29, 1.82) is 0 Å². The van der Waals surface area contributed by atoms with E-state index < -0.39 is 24.1 Å². The van der Waals surface area contributed by atoms with Gasteiger partial charge in [-0.25, -0.2) is 9.97 Å². The summed E-state index contributed by atoms with van der Waals surface area (Å²) in [5.41, 5.74) is 2.92. The summed E-state index contributed by atoms with van der Waals surface area (Å²) in [4.78, 5) is 36.1. The molecule has 210 valence electrons. The van der Waals surface area contributed by atoms with Crippen LogP contribution in [0.15, 0.2) is 60.9 Å². The molecule has 2 aliphatic rings. The van der Waals surface area contributed by atoms with Gasteiger partial charge in [0.2, 0.25) is 0 Å². The van der Waals surface area contributed by atoms with E-state index >= 15 is 0 Å². The van der Waals surface area contributed by atoms with Gasteiger partial charge in [-0.2, -0.15) is 13.2 Å². The van der Waals surface area contributed by atoms with Gasteiger partial charge in [-0.05, 0) is 61.1 Å². The van der Waals surface area contributed by atoms with Gasteiger partial charge in [0.05, 0.1) is 18.3 Å². The van der Waals surface area contributed by atoms with E-state index in [2.05, 4.69) is 15.3 Å². The van der Waals surface area contributed by atoms with Crippen LogP contribution in [0.25, 0.3) is 11.1 Å². The molecular weight excluding hydrogens is 523 g/mol. The van der Waals surface area contributed by atoms with Gasteiger partial charge in [-0.3, -0.25) is 14.5 Å². The number of rotatable bonds is 7. The monoisotopic (exact) mass is 553 g/mol. The Labute approximate surface area is 229 Å². The predicted octanol–water partition coefficient (Wildman–Crippen LogP) is 5.22. The Balaban J connectivity index is 1.32. The Bertz CT molecular complexity index is 1340. The highest BCUT2D eigenvalue weighted by molar-refractivity contribution is 6.02. The van der Waals surface area contributed by atoms with Gasteiger partial charge in [0.15, 0.2) is 0 Å². The molecule has 0 aliphatic carbocycles. The number of benzene rings is 2. The lowest BCUT2D eigenvalue weighted by atomic mass is 9.97. The molecule has 1 atom stereocenters. The average molecular weight is 554 g/mol. The van der Waals surface area contributed by atoms with Crippen molar-refractivity contribution in [1.82, 2.24) is 14.9 Å². The molecule has 0 spiro atoms. The number of carboxylic acids is 1. The summed E-state index contributed by atoms with van der Waals surface area (Å²) < 4.78 is 40.9. The second-order valence-electron chi connectivity index (χ2n) is 10.2. The van der Waals surface area contributed by atoms with E-state index in [0.29, 0.717) is 56.0 Å². The van der Waals surface area contributed by atoms with Gasteiger partial charge < -0.3 is 15.3 Å². The van der Waals surface area contributed by atoms with Crippen LogP contribution in [0.4, 0.5) is 24.7 Å². The minimum Gasteiger partial charge on any atom is -0.481 e. The summed E-state index contributed by atoms with van der Waals surface area (Å²) in [6.45, 7) is 1.54. The number of hydrogen-bond acceptors (Lipinski definition) is 6. The molecule has 2 fully saturated rings. The lowest BCUT2D eigenvalue weighted by molar-refractivity contribution is -0.177. The molecule has 0 saturated carbocycles. The molecule has 8 nitrogen and oxygen atoms in total. The molecule has 3 aromatic rings. The lowest BCUT2D eigenvalue weighted by Gasteiger charge is -2.30. The van der Waals surface area contributed by atoms with Gasteiger partial charge >= 0.3 is 12.1 Å². The summed E-state index contributed by atoms with van der Waals surface area (Å²) in [5, 5.41) is 12.0. The maximum atomic E-state index is 13.6. The molecule has 2 N–H and O–H groups in total. The molecule has 2 aliphatic heterocycles. The molecule has 3 heterocycles. The van der Waals surface area contributed by atoms with E-state index in [-0.39, 0.29) is 24.6 Å². The van der Waals surface area contributed by atoms with Gasteiger partial charge in [0, 0.05) is 25.3 Å². The normalized spacial score (nSPS) is 18.6. The average Bonchev–Trinajstić information content (AvgIpc) is 3.43. The number of aliphatic carboxylic acids is 1. The number of carboxylic acid groups (broad SMARTS) is 1. The van der Waals surface area contributed by atoms with Crippen LogP contribution in [0, 0.1) is 5.92 Å². The van der Waals surface area contributed by atoms with Crippen LogP contribution in [0.2, 0.25) is 0 Å². The highest BCUT2D eigenvalue weighted by Gasteiger charge is 2.45. The van der Waals surface area contributed by atoms with E-state index in [1.807, 2.05) is 41.3 Å². The van der Waals surface area contributed by atoms with Crippen molar-refractivity contribution < 1.29 is 27.9 Å². The first-order chi connectivity index (χ1) is 19.2. The van der Waals surface area contributed by atoms with Crippen molar-refractivity contribution in [3.05, 3.63) is 72.2 Å². The van der Waals surface area contributed by atoms with Crippen LogP contribution in [0.3, 0.4) is 0 Å². The van der Waals surface area contributed by atoms with E-state index in [1.54, 1.807) is 12.1 Å². The zero-order valence-corrected chi connectivity index (χ0v) is 21.8. The van der Waals surface area contributed by atoms with Gasteiger partial charge in [0.1, 0.15) is 17.6 Å². The smallest absolute Gasteiger partial charge is 0.404 e. The third-order valence-corrected chi connectivity index (χ3v) is 7.60. The number of nitrogens with one attached hydrogen (secondary N) is 1. The molecular formula is C29H30F3N5O3. The van der Waals surface area contributed by atoms with Crippen molar-refractivity contribution in [2.75, 3.05) is 29.9 Å². The zero-order valence-electron chi connectivity index (χ0n) is 21.8. The molecule has 0 unspecified atom stereocenters. The van der Waals surface area contributed by atoms with Crippen molar-refractivity contribution in [3.8, 4) is 11.1 Å². The summed E-state index contributed by atoms with van der Waals surface area (Å²) in [5.74, 6) is -1.08. The summed E-state index contributed by atoms with van der Waals surface area (Å²) >= 11 is 0. The van der Waals surface area contributed by atoms with Crippen LogP contribution < -0.4 is 10.2 Å². The van der Waals surface area contributed by atoms with E-state index in [1.165, 1.54) is 17.3 Å². The Morgan fingerprint density at radius 2 is 1.73 bits per heavy atom. The van der Waals surface area contributed by atoms with Gasteiger partial charge in [0.25, 0.3) is 5.91 Å². The first kappa shape index (κ1) is 27.6. The SMILES string of the molecule is O=C(Nc1ccc(-c2ccccc2)c(CN2CCC[C@H]2C(F)(F)F)c1)c1cnc(N2CCC(C(=O)O)CC2)cn1. The van der Waals surface area contributed by atoms with Crippen molar-refractivity contribution in [2.45, 2.75) is 44.4 Å². The van der Waals surface area contributed by atoms with Crippen LogP contribution >= 0.6 is 0 Å². The van der Waals surface area contributed by atoms with E-state index in [4.69, 9.17) is 0 Å². The first-order valence-corrected chi connectivity index (χ1v) is 13.3. The third kappa shape index (κ3) is 6.25. The number of carbonyl (C=O) groups is 2. The second kappa shape index (κ2) is 11.6. The number of aromatic nitrogens is 2. The molecule has 2 saturated heterocycles. The van der Waals surface area contributed by atoms with Crippen LogP contribution in [-0.4, -0.2) is 63.7 Å². The van der Waals surface area contributed by atoms with Crippen LogP contribution in [0.5, 0.6) is 0 Å². The summed E-state index contributed by atoms with van der Waals surface area (Å²) in [7, 11) is 0.